The molecule has 0 aliphatic carbocycles. The molecular weight excluding hydrogens is 192 g/mol. The van der Waals surface area contributed by atoms with Crippen molar-refractivity contribution in [3.05, 3.63) is 0 Å². The molecular formula is C12H24O3. The smallest absolute Gasteiger partial charge is 0.305 e. The fourth-order valence-electron chi connectivity index (χ4n) is 1.67. The number of aliphatic hydroxyl groups is 1. The number of carboxylic acid groups (broad SMARTS) is 1. The van der Waals surface area contributed by atoms with Crippen molar-refractivity contribution in [3.63, 3.8) is 0 Å². The molecule has 3 nitrogen and oxygen atoms in total. The number of rotatable bonds is 9. The molecule has 0 aromatic rings. The van der Waals surface area contributed by atoms with Crippen LogP contribution in [0.15, 0.2) is 0 Å². The van der Waals surface area contributed by atoms with Crippen LogP contribution in [0.2, 0.25) is 0 Å². The molecule has 0 aliphatic rings. The zero-order chi connectivity index (χ0) is 11.7. The minimum absolute atomic E-state index is 0.123. The maximum absolute atomic E-state index is 10.3. The summed E-state index contributed by atoms with van der Waals surface area (Å²) in [5.41, 5.74) is 0. The summed E-state index contributed by atoms with van der Waals surface area (Å²) in [5.74, 6) is -0.318. The van der Waals surface area contributed by atoms with Crippen molar-refractivity contribution >= 4 is 5.97 Å². The molecule has 0 fully saturated rings. The summed E-state index contributed by atoms with van der Waals surface area (Å²) >= 11 is 0. The first-order valence-corrected chi connectivity index (χ1v) is 5.96. The normalized spacial score (nSPS) is 14.9. The number of hydrogen-bond acceptors (Lipinski definition) is 2. The van der Waals surface area contributed by atoms with Crippen LogP contribution in [0.4, 0.5) is 0 Å². The number of carboxylic acids is 1. The summed E-state index contributed by atoms with van der Waals surface area (Å²) in [7, 11) is 0. The van der Waals surface area contributed by atoms with E-state index >= 15 is 0 Å². The summed E-state index contributed by atoms with van der Waals surface area (Å²) in [6, 6.07) is 0. The Morgan fingerprint density at radius 1 is 1.20 bits per heavy atom. The van der Waals surface area contributed by atoms with Gasteiger partial charge in [0.1, 0.15) is 0 Å². The SMILES string of the molecule is CCCCCC(C)CCC(O)CC(=O)O. The third kappa shape index (κ3) is 9.73. The van der Waals surface area contributed by atoms with E-state index in [1.54, 1.807) is 0 Å². The molecule has 0 rings (SSSR count). The van der Waals surface area contributed by atoms with Gasteiger partial charge in [-0.2, -0.15) is 0 Å². The summed E-state index contributed by atoms with van der Waals surface area (Å²) in [5, 5.41) is 17.8. The van der Waals surface area contributed by atoms with Gasteiger partial charge in [0.05, 0.1) is 12.5 Å². The maximum atomic E-state index is 10.3. The molecule has 3 heteroatoms. The number of carbonyl (C=O) groups is 1. The minimum Gasteiger partial charge on any atom is -0.481 e. The van der Waals surface area contributed by atoms with E-state index in [1.807, 2.05) is 0 Å². The third-order valence-corrected chi connectivity index (χ3v) is 2.70. The highest BCUT2D eigenvalue weighted by Gasteiger charge is 2.11. The molecule has 0 spiro atoms. The average molecular weight is 216 g/mol. The van der Waals surface area contributed by atoms with E-state index in [-0.39, 0.29) is 6.42 Å². The highest BCUT2D eigenvalue weighted by molar-refractivity contribution is 5.67. The van der Waals surface area contributed by atoms with Crippen molar-refractivity contribution in [1.29, 1.82) is 0 Å². The van der Waals surface area contributed by atoms with E-state index in [1.165, 1.54) is 25.7 Å². The van der Waals surface area contributed by atoms with Gasteiger partial charge >= 0.3 is 5.97 Å². The lowest BCUT2D eigenvalue weighted by Crippen LogP contribution is -2.13. The van der Waals surface area contributed by atoms with Crippen molar-refractivity contribution in [2.75, 3.05) is 0 Å². The number of aliphatic carboxylic acids is 1. The van der Waals surface area contributed by atoms with Gasteiger partial charge in [0.15, 0.2) is 0 Å². The average Bonchev–Trinajstić information content (AvgIpc) is 2.14. The Morgan fingerprint density at radius 2 is 1.87 bits per heavy atom. The Labute approximate surface area is 92.5 Å². The largest absolute Gasteiger partial charge is 0.481 e. The highest BCUT2D eigenvalue weighted by atomic mass is 16.4. The Kier molecular flexibility index (Phi) is 8.38. The fourth-order valence-corrected chi connectivity index (χ4v) is 1.67. The van der Waals surface area contributed by atoms with E-state index in [4.69, 9.17) is 5.11 Å². The molecule has 0 bridgehead atoms. The molecule has 2 atom stereocenters. The molecule has 0 aliphatic heterocycles. The first kappa shape index (κ1) is 14.4. The van der Waals surface area contributed by atoms with E-state index in [9.17, 15) is 9.90 Å². The van der Waals surface area contributed by atoms with Gasteiger partial charge < -0.3 is 10.2 Å². The van der Waals surface area contributed by atoms with Crippen LogP contribution in [-0.4, -0.2) is 22.3 Å². The van der Waals surface area contributed by atoms with Crippen LogP contribution in [-0.2, 0) is 4.79 Å². The number of aliphatic hydroxyl groups excluding tert-OH is 1. The predicted molar refractivity (Wildman–Crippen MR) is 60.8 cm³/mol. The standard InChI is InChI=1S/C12H24O3/c1-3-4-5-6-10(2)7-8-11(13)9-12(14)15/h10-11,13H,3-9H2,1-2H3,(H,14,15). The topological polar surface area (TPSA) is 57.5 Å². The molecule has 0 radical (unpaired) electrons. The van der Waals surface area contributed by atoms with Gasteiger partial charge in [0.25, 0.3) is 0 Å². The Hall–Kier alpha value is -0.570. The second-order valence-corrected chi connectivity index (χ2v) is 4.43. The molecule has 0 heterocycles. The zero-order valence-electron chi connectivity index (χ0n) is 9.91. The summed E-state index contributed by atoms with van der Waals surface area (Å²) < 4.78 is 0. The summed E-state index contributed by atoms with van der Waals surface area (Å²) in [6.45, 7) is 4.35. The first-order valence-electron chi connectivity index (χ1n) is 5.96. The number of unbranched alkanes of at least 4 members (excludes halogenated alkanes) is 2. The molecule has 0 amide bonds. The van der Waals surface area contributed by atoms with Gasteiger partial charge in [-0.15, -0.1) is 0 Å². The van der Waals surface area contributed by atoms with E-state index in [0.29, 0.717) is 12.3 Å². The monoisotopic (exact) mass is 216 g/mol. The van der Waals surface area contributed by atoms with E-state index in [2.05, 4.69) is 13.8 Å². The molecule has 15 heavy (non-hydrogen) atoms. The molecule has 0 aromatic carbocycles. The van der Waals surface area contributed by atoms with Gasteiger partial charge in [-0.1, -0.05) is 39.5 Å². The quantitative estimate of drug-likeness (QED) is 0.583. The number of hydrogen-bond donors (Lipinski definition) is 2. The fraction of sp³-hybridized carbons (Fsp3) is 0.917. The molecule has 2 N–H and O–H groups in total. The van der Waals surface area contributed by atoms with Crippen molar-refractivity contribution in [3.8, 4) is 0 Å². The van der Waals surface area contributed by atoms with Crippen LogP contribution >= 0.6 is 0 Å². The Morgan fingerprint density at radius 3 is 2.40 bits per heavy atom. The van der Waals surface area contributed by atoms with Gasteiger partial charge in [-0.3, -0.25) is 4.79 Å². The molecule has 0 saturated carbocycles. The lowest BCUT2D eigenvalue weighted by molar-refractivity contribution is -0.139. The summed E-state index contributed by atoms with van der Waals surface area (Å²) in [6.07, 6.45) is 5.67. The summed E-state index contributed by atoms with van der Waals surface area (Å²) in [4.78, 5) is 10.3. The molecule has 90 valence electrons. The first-order chi connectivity index (χ1) is 7.06. The van der Waals surface area contributed by atoms with Gasteiger partial charge in [0.2, 0.25) is 0 Å². The van der Waals surface area contributed by atoms with Crippen LogP contribution in [0.3, 0.4) is 0 Å². The van der Waals surface area contributed by atoms with Gasteiger partial charge in [-0.25, -0.2) is 0 Å². The Bertz CT molecular complexity index is 168. The lowest BCUT2D eigenvalue weighted by atomic mass is 9.96. The lowest BCUT2D eigenvalue weighted by Gasteiger charge is -2.13. The zero-order valence-corrected chi connectivity index (χ0v) is 9.91. The van der Waals surface area contributed by atoms with Crippen molar-refractivity contribution < 1.29 is 15.0 Å². The van der Waals surface area contributed by atoms with Crippen molar-refractivity contribution in [2.45, 2.75) is 64.9 Å². The Balaban J connectivity index is 3.43. The molecule has 0 aromatic heterocycles. The second-order valence-electron chi connectivity index (χ2n) is 4.43. The van der Waals surface area contributed by atoms with Crippen LogP contribution in [0.1, 0.15) is 58.8 Å². The van der Waals surface area contributed by atoms with Gasteiger partial charge in [-0.05, 0) is 18.8 Å². The molecule has 2 unspecified atom stereocenters. The van der Waals surface area contributed by atoms with Crippen LogP contribution in [0.5, 0.6) is 0 Å². The molecule has 0 saturated heterocycles. The van der Waals surface area contributed by atoms with Crippen molar-refractivity contribution in [1.82, 2.24) is 0 Å². The van der Waals surface area contributed by atoms with Crippen LogP contribution in [0.25, 0.3) is 0 Å². The maximum Gasteiger partial charge on any atom is 0.305 e. The second kappa shape index (κ2) is 8.72. The predicted octanol–water partition coefficient (Wildman–Crippen LogP) is 2.82. The minimum atomic E-state index is -0.916. The third-order valence-electron chi connectivity index (χ3n) is 2.70. The van der Waals surface area contributed by atoms with Crippen LogP contribution in [0, 0.1) is 5.92 Å². The van der Waals surface area contributed by atoms with Gasteiger partial charge in [0, 0.05) is 0 Å². The van der Waals surface area contributed by atoms with Crippen molar-refractivity contribution in [2.24, 2.45) is 5.92 Å². The van der Waals surface area contributed by atoms with Crippen LogP contribution < -0.4 is 0 Å². The van der Waals surface area contributed by atoms with E-state index in [0.717, 1.165) is 6.42 Å². The highest BCUT2D eigenvalue weighted by Crippen LogP contribution is 2.16. The van der Waals surface area contributed by atoms with E-state index < -0.39 is 12.1 Å².